The van der Waals surface area contributed by atoms with E-state index >= 15 is 0 Å². The van der Waals surface area contributed by atoms with Crippen LogP contribution in [-0.2, 0) is 9.53 Å². The molecule has 1 unspecified atom stereocenters. The number of furan rings is 1. The third-order valence-corrected chi connectivity index (χ3v) is 5.52. The Bertz CT molecular complexity index is 1370. The molecule has 1 atom stereocenters. The van der Waals surface area contributed by atoms with Crippen LogP contribution in [0.15, 0.2) is 89.5 Å². The molecule has 182 valence electrons. The second kappa shape index (κ2) is 10.7. The van der Waals surface area contributed by atoms with Crippen molar-refractivity contribution in [2.24, 2.45) is 0 Å². The molecule has 0 saturated carbocycles. The largest absolute Gasteiger partial charge is 0.459 e. The number of carbonyl (C=O) groups is 3. The number of anilines is 2. The number of hydrogen-bond donors (Lipinski definition) is 2. The summed E-state index contributed by atoms with van der Waals surface area (Å²) < 4.78 is 10.8. The normalized spacial score (nSPS) is 11.4. The Kier molecular flexibility index (Phi) is 7.30. The van der Waals surface area contributed by atoms with Crippen LogP contribution in [0.25, 0.3) is 0 Å². The number of benzene rings is 3. The third kappa shape index (κ3) is 5.88. The predicted molar refractivity (Wildman–Crippen MR) is 137 cm³/mol. The van der Waals surface area contributed by atoms with Crippen molar-refractivity contribution < 1.29 is 23.5 Å². The smallest absolute Gasteiger partial charge is 0.339 e. The predicted octanol–water partition coefficient (Wildman–Crippen LogP) is 5.99. The number of hydrogen-bond acceptors (Lipinski definition) is 5. The van der Waals surface area contributed by atoms with Gasteiger partial charge in [-0.2, -0.15) is 0 Å². The van der Waals surface area contributed by atoms with E-state index in [1.165, 1.54) is 12.3 Å². The molecule has 0 aliphatic heterocycles. The van der Waals surface area contributed by atoms with Crippen LogP contribution >= 0.6 is 0 Å². The van der Waals surface area contributed by atoms with Crippen LogP contribution < -0.4 is 10.6 Å². The molecule has 2 amide bonds. The molecular formula is C29H26N2O5. The van der Waals surface area contributed by atoms with Crippen molar-refractivity contribution in [3.05, 3.63) is 119 Å². The van der Waals surface area contributed by atoms with E-state index < -0.39 is 23.9 Å². The lowest BCUT2D eigenvalue weighted by molar-refractivity contribution is -0.125. The molecule has 3 aromatic carbocycles. The molecule has 0 bridgehead atoms. The van der Waals surface area contributed by atoms with Crippen LogP contribution in [0, 0.1) is 20.8 Å². The average Bonchev–Trinajstić information content (AvgIpc) is 3.39. The summed E-state index contributed by atoms with van der Waals surface area (Å²) in [7, 11) is 0. The molecule has 0 aliphatic rings. The zero-order valence-corrected chi connectivity index (χ0v) is 20.2. The Morgan fingerprint density at radius 3 is 2.19 bits per heavy atom. The quantitative estimate of drug-likeness (QED) is 0.315. The van der Waals surface area contributed by atoms with E-state index in [1.807, 2.05) is 38.1 Å². The van der Waals surface area contributed by atoms with E-state index in [9.17, 15) is 14.4 Å². The molecule has 2 N–H and O–H groups in total. The molecule has 1 aromatic heterocycles. The summed E-state index contributed by atoms with van der Waals surface area (Å²) in [5, 5.41) is 5.60. The van der Waals surface area contributed by atoms with E-state index in [1.54, 1.807) is 55.5 Å². The Morgan fingerprint density at radius 2 is 1.53 bits per heavy atom. The second-order valence-corrected chi connectivity index (χ2v) is 8.52. The van der Waals surface area contributed by atoms with Gasteiger partial charge in [-0.15, -0.1) is 0 Å². The van der Waals surface area contributed by atoms with Crippen LogP contribution in [-0.4, -0.2) is 17.8 Å². The van der Waals surface area contributed by atoms with Crippen molar-refractivity contribution in [2.45, 2.75) is 26.9 Å². The highest BCUT2D eigenvalue weighted by molar-refractivity contribution is 6.04. The fourth-order valence-corrected chi connectivity index (χ4v) is 3.81. The molecule has 4 aromatic rings. The molecule has 1 heterocycles. The molecule has 7 heteroatoms. The first-order chi connectivity index (χ1) is 17.3. The standard InChI is InChI=1S/C29H26N2O5/c1-18-14-19(2)16-23(15-18)30-28(33)26(21-8-5-4-6-9-21)36-29(34)22-12-11-20(3)24(17-22)31-27(32)25-10-7-13-35-25/h4-17,26H,1-3H3,(H,30,33)(H,31,32). The summed E-state index contributed by atoms with van der Waals surface area (Å²) in [5.41, 5.74) is 4.53. The topological polar surface area (TPSA) is 97.6 Å². The van der Waals surface area contributed by atoms with Crippen LogP contribution in [0.1, 0.15) is 49.3 Å². The fourth-order valence-electron chi connectivity index (χ4n) is 3.81. The van der Waals surface area contributed by atoms with Crippen LogP contribution in [0.3, 0.4) is 0 Å². The van der Waals surface area contributed by atoms with E-state index in [0.717, 1.165) is 16.7 Å². The van der Waals surface area contributed by atoms with Crippen molar-refractivity contribution in [1.82, 2.24) is 0 Å². The van der Waals surface area contributed by atoms with Crippen molar-refractivity contribution >= 4 is 29.2 Å². The first-order valence-electron chi connectivity index (χ1n) is 11.4. The highest BCUT2D eigenvalue weighted by atomic mass is 16.5. The molecular weight excluding hydrogens is 456 g/mol. The summed E-state index contributed by atoms with van der Waals surface area (Å²) in [6.07, 6.45) is 0.226. The first kappa shape index (κ1) is 24.5. The number of aryl methyl sites for hydroxylation is 3. The highest BCUT2D eigenvalue weighted by Crippen LogP contribution is 2.25. The Labute approximate surface area is 209 Å². The van der Waals surface area contributed by atoms with Crippen molar-refractivity contribution in [1.29, 1.82) is 0 Å². The maximum Gasteiger partial charge on any atom is 0.339 e. The number of carbonyl (C=O) groups excluding carboxylic acids is 3. The lowest BCUT2D eigenvalue weighted by Crippen LogP contribution is -2.26. The maximum atomic E-state index is 13.2. The lowest BCUT2D eigenvalue weighted by atomic mass is 10.1. The summed E-state index contributed by atoms with van der Waals surface area (Å²) in [5.74, 6) is -1.47. The number of rotatable bonds is 7. The summed E-state index contributed by atoms with van der Waals surface area (Å²) in [4.78, 5) is 38.8. The number of amides is 2. The summed E-state index contributed by atoms with van der Waals surface area (Å²) in [6, 6.07) is 22.5. The summed E-state index contributed by atoms with van der Waals surface area (Å²) >= 11 is 0. The number of ether oxygens (including phenoxy) is 1. The van der Waals surface area contributed by atoms with E-state index in [4.69, 9.17) is 9.15 Å². The minimum absolute atomic E-state index is 0.148. The molecule has 36 heavy (non-hydrogen) atoms. The second-order valence-electron chi connectivity index (χ2n) is 8.52. The van der Waals surface area contributed by atoms with Gasteiger partial charge >= 0.3 is 5.97 Å². The Morgan fingerprint density at radius 1 is 0.806 bits per heavy atom. The fraction of sp³-hybridized carbons (Fsp3) is 0.138. The minimum atomic E-state index is -1.18. The van der Waals surface area contributed by atoms with Gasteiger partial charge in [-0.3, -0.25) is 9.59 Å². The molecule has 0 spiro atoms. The van der Waals surface area contributed by atoms with E-state index in [2.05, 4.69) is 10.6 Å². The number of esters is 1. The lowest BCUT2D eigenvalue weighted by Gasteiger charge is -2.19. The number of nitrogens with one attached hydrogen (secondary N) is 2. The zero-order chi connectivity index (χ0) is 25.7. The van der Waals surface area contributed by atoms with Gasteiger partial charge in [-0.25, -0.2) is 4.79 Å². The van der Waals surface area contributed by atoms with Gasteiger partial charge < -0.3 is 19.8 Å². The Balaban J connectivity index is 1.56. The third-order valence-electron chi connectivity index (χ3n) is 5.52. The van der Waals surface area contributed by atoms with Gasteiger partial charge in [0.15, 0.2) is 5.76 Å². The minimum Gasteiger partial charge on any atom is -0.459 e. The molecule has 0 fully saturated rings. The molecule has 4 rings (SSSR count). The molecule has 0 radical (unpaired) electrons. The van der Waals surface area contributed by atoms with Crippen molar-refractivity contribution in [2.75, 3.05) is 10.6 Å². The van der Waals surface area contributed by atoms with Crippen molar-refractivity contribution in [3.8, 4) is 0 Å². The van der Waals surface area contributed by atoms with Gasteiger partial charge in [0.05, 0.1) is 11.8 Å². The van der Waals surface area contributed by atoms with Crippen LogP contribution in [0.2, 0.25) is 0 Å². The molecule has 0 saturated heterocycles. The SMILES string of the molecule is Cc1cc(C)cc(NC(=O)C(OC(=O)c2ccc(C)c(NC(=O)c3ccco3)c2)c2ccccc2)c1. The molecule has 0 aliphatic carbocycles. The van der Waals surface area contributed by atoms with Gasteiger partial charge in [-0.1, -0.05) is 42.5 Å². The van der Waals surface area contributed by atoms with Crippen molar-refractivity contribution in [3.63, 3.8) is 0 Å². The van der Waals surface area contributed by atoms with E-state index in [0.29, 0.717) is 16.9 Å². The molecule has 7 nitrogen and oxygen atoms in total. The first-order valence-corrected chi connectivity index (χ1v) is 11.4. The zero-order valence-electron chi connectivity index (χ0n) is 20.2. The van der Waals surface area contributed by atoms with Crippen LogP contribution in [0.4, 0.5) is 11.4 Å². The maximum absolute atomic E-state index is 13.2. The summed E-state index contributed by atoms with van der Waals surface area (Å²) in [6.45, 7) is 5.69. The van der Waals surface area contributed by atoms with Gasteiger partial charge in [0, 0.05) is 16.9 Å². The van der Waals surface area contributed by atoms with Gasteiger partial charge in [-0.05, 0) is 73.9 Å². The van der Waals surface area contributed by atoms with Gasteiger partial charge in [0.2, 0.25) is 6.10 Å². The Hall–Kier alpha value is -4.65. The average molecular weight is 483 g/mol. The van der Waals surface area contributed by atoms with Gasteiger partial charge in [0.1, 0.15) is 0 Å². The van der Waals surface area contributed by atoms with Gasteiger partial charge in [0.25, 0.3) is 11.8 Å². The monoisotopic (exact) mass is 482 g/mol. The van der Waals surface area contributed by atoms with Crippen LogP contribution in [0.5, 0.6) is 0 Å². The highest BCUT2D eigenvalue weighted by Gasteiger charge is 2.26. The van der Waals surface area contributed by atoms with E-state index in [-0.39, 0.29) is 11.3 Å².